The van der Waals surface area contributed by atoms with E-state index in [1.54, 1.807) is 0 Å². The van der Waals surface area contributed by atoms with Crippen LogP contribution in [-0.4, -0.2) is 39.1 Å². The molecule has 2 radical (unpaired) electrons. The van der Waals surface area contributed by atoms with Crippen molar-refractivity contribution in [3.05, 3.63) is 0 Å². The molecule has 0 N–H and O–H groups in total. The molecule has 1 aliphatic heterocycles. The van der Waals surface area contributed by atoms with Crippen LogP contribution < -0.4 is 0 Å². The average Bonchev–Trinajstić information content (AvgIpc) is 2.04. The zero-order valence-electron chi connectivity index (χ0n) is 7.25. The molecule has 3 heteroatoms. The number of piperidine rings is 1. The van der Waals surface area contributed by atoms with E-state index < -0.39 is 0 Å². The SMILES string of the molecule is [B]N1CCC(COCC)CC1. The van der Waals surface area contributed by atoms with E-state index in [0.29, 0.717) is 0 Å². The minimum Gasteiger partial charge on any atom is -0.381 e. The van der Waals surface area contributed by atoms with E-state index in [1.165, 1.54) is 12.8 Å². The third-order valence-corrected chi connectivity index (χ3v) is 2.21. The smallest absolute Gasteiger partial charge is 0.182 e. The van der Waals surface area contributed by atoms with E-state index in [-0.39, 0.29) is 0 Å². The first-order valence-corrected chi connectivity index (χ1v) is 4.40. The van der Waals surface area contributed by atoms with Gasteiger partial charge in [0.1, 0.15) is 0 Å². The van der Waals surface area contributed by atoms with E-state index in [2.05, 4.69) is 0 Å². The van der Waals surface area contributed by atoms with Crippen molar-refractivity contribution in [1.29, 1.82) is 0 Å². The van der Waals surface area contributed by atoms with Crippen LogP contribution in [-0.2, 0) is 4.74 Å². The molecule has 0 aromatic heterocycles. The Hall–Kier alpha value is -0.0151. The zero-order valence-corrected chi connectivity index (χ0v) is 7.25. The van der Waals surface area contributed by atoms with E-state index in [1.807, 2.05) is 11.7 Å². The molecule has 1 saturated heterocycles. The fourth-order valence-electron chi connectivity index (χ4n) is 1.40. The highest BCUT2D eigenvalue weighted by Gasteiger charge is 2.15. The molecular formula is C8H16BNO. The topological polar surface area (TPSA) is 12.5 Å². The minimum atomic E-state index is 0.745. The lowest BCUT2D eigenvalue weighted by atomic mass is 9.96. The van der Waals surface area contributed by atoms with Crippen molar-refractivity contribution in [3.8, 4) is 0 Å². The van der Waals surface area contributed by atoms with Gasteiger partial charge in [0.25, 0.3) is 0 Å². The molecule has 1 fully saturated rings. The van der Waals surface area contributed by atoms with Gasteiger partial charge in [-0.15, -0.1) is 0 Å². The molecule has 2 nitrogen and oxygen atoms in total. The van der Waals surface area contributed by atoms with Gasteiger partial charge in [-0.2, -0.15) is 0 Å². The van der Waals surface area contributed by atoms with Crippen LogP contribution in [0.2, 0.25) is 0 Å². The van der Waals surface area contributed by atoms with Crippen LogP contribution in [0, 0.1) is 5.92 Å². The summed E-state index contributed by atoms with van der Waals surface area (Å²) >= 11 is 0. The predicted octanol–water partition coefficient (Wildman–Crippen LogP) is 0.818. The second-order valence-corrected chi connectivity index (χ2v) is 3.14. The zero-order chi connectivity index (χ0) is 8.10. The molecule has 0 amide bonds. The summed E-state index contributed by atoms with van der Waals surface area (Å²) in [5, 5.41) is 0. The van der Waals surface area contributed by atoms with Crippen LogP contribution >= 0.6 is 0 Å². The van der Waals surface area contributed by atoms with Crippen molar-refractivity contribution in [1.82, 2.24) is 4.81 Å². The predicted molar refractivity (Wildman–Crippen MR) is 46.5 cm³/mol. The fraction of sp³-hybridized carbons (Fsp3) is 1.00. The first-order chi connectivity index (χ1) is 5.33. The number of hydrogen-bond acceptors (Lipinski definition) is 2. The van der Waals surface area contributed by atoms with Gasteiger partial charge in [-0.05, 0) is 38.8 Å². The van der Waals surface area contributed by atoms with Crippen LogP contribution in [0.25, 0.3) is 0 Å². The van der Waals surface area contributed by atoms with Crippen LogP contribution in [0.15, 0.2) is 0 Å². The van der Waals surface area contributed by atoms with Gasteiger partial charge in [0, 0.05) is 13.2 Å². The van der Waals surface area contributed by atoms with Gasteiger partial charge in [-0.3, -0.25) is 0 Å². The van der Waals surface area contributed by atoms with Crippen molar-refractivity contribution in [2.45, 2.75) is 19.8 Å². The Balaban J connectivity index is 2.07. The van der Waals surface area contributed by atoms with Gasteiger partial charge in [-0.1, -0.05) is 0 Å². The molecule has 0 unspecified atom stereocenters. The molecule has 0 aliphatic carbocycles. The van der Waals surface area contributed by atoms with Crippen molar-refractivity contribution in [2.24, 2.45) is 5.92 Å². The quantitative estimate of drug-likeness (QED) is 0.556. The van der Waals surface area contributed by atoms with Crippen molar-refractivity contribution in [2.75, 3.05) is 26.3 Å². The van der Waals surface area contributed by atoms with E-state index in [9.17, 15) is 0 Å². The number of hydrogen-bond donors (Lipinski definition) is 0. The van der Waals surface area contributed by atoms with Gasteiger partial charge in [-0.25, -0.2) is 0 Å². The average molecular weight is 153 g/mol. The summed E-state index contributed by atoms with van der Waals surface area (Å²) in [6.45, 7) is 5.85. The summed E-state index contributed by atoms with van der Waals surface area (Å²) in [5.74, 6) is 0.745. The monoisotopic (exact) mass is 153 g/mol. The van der Waals surface area contributed by atoms with E-state index >= 15 is 0 Å². The summed E-state index contributed by atoms with van der Waals surface area (Å²) in [6.07, 6.45) is 2.38. The second kappa shape index (κ2) is 4.78. The molecule has 0 aromatic carbocycles. The van der Waals surface area contributed by atoms with Crippen LogP contribution in [0.4, 0.5) is 0 Å². The molecule has 1 rings (SSSR count). The summed E-state index contributed by atoms with van der Waals surface area (Å²) in [5.41, 5.74) is 0. The molecular weight excluding hydrogens is 137 g/mol. The van der Waals surface area contributed by atoms with Crippen molar-refractivity contribution >= 4 is 7.98 Å². The van der Waals surface area contributed by atoms with E-state index in [4.69, 9.17) is 12.7 Å². The van der Waals surface area contributed by atoms with Gasteiger partial charge in [0.2, 0.25) is 0 Å². The third-order valence-electron chi connectivity index (χ3n) is 2.21. The Kier molecular flexibility index (Phi) is 3.94. The first kappa shape index (κ1) is 9.08. The fourth-order valence-corrected chi connectivity index (χ4v) is 1.40. The second-order valence-electron chi connectivity index (χ2n) is 3.14. The molecule has 0 bridgehead atoms. The Bertz CT molecular complexity index is 99.5. The molecule has 0 aromatic rings. The Labute approximate surface area is 70.3 Å². The van der Waals surface area contributed by atoms with Crippen molar-refractivity contribution < 1.29 is 4.74 Å². The van der Waals surface area contributed by atoms with Crippen LogP contribution in [0.1, 0.15) is 19.8 Å². The maximum Gasteiger partial charge on any atom is 0.182 e. The Morgan fingerprint density at radius 1 is 1.45 bits per heavy atom. The highest BCUT2D eigenvalue weighted by Crippen LogP contribution is 2.15. The summed E-state index contributed by atoms with van der Waals surface area (Å²) < 4.78 is 5.35. The standard InChI is InChI=1S/C8H16BNO/c1-2-11-7-8-3-5-10(9)6-4-8/h8H,2-7H2,1H3. The number of nitrogens with zero attached hydrogens (tertiary/aromatic N) is 1. The first-order valence-electron chi connectivity index (χ1n) is 4.40. The summed E-state index contributed by atoms with van der Waals surface area (Å²) in [7, 11) is 5.62. The Morgan fingerprint density at radius 2 is 2.09 bits per heavy atom. The third kappa shape index (κ3) is 3.26. The highest BCUT2D eigenvalue weighted by atomic mass is 16.5. The summed E-state index contributed by atoms with van der Waals surface area (Å²) in [6, 6.07) is 0. The number of rotatable bonds is 3. The lowest BCUT2D eigenvalue weighted by Gasteiger charge is -2.29. The largest absolute Gasteiger partial charge is 0.381 e. The van der Waals surface area contributed by atoms with Crippen LogP contribution in [0.5, 0.6) is 0 Å². The molecule has 11 heavy (non-hydrogen) atoms. The maximum atomic E-state index is 5.62. The lowest BCUT2D eigenvalue weighted by Crippen LogP contribution is -2.33. The molecule has 62 valence electrons. The van der Waals surface area contributed by atoms with Crippen molar-refractivity contribution in [3.63, 3.8) is 0 Å². The maximum absolute atomic E-state index is 5.62. The van der Waals surface area contributed by atoms with Gasteiger partial charge >= 0.3 is 0 Å². The number of ether oxygens (including phenoxy) is 1. The van der Waals surface area contributed by atoms with Gasteiger partial charge in [0.05, 0.1) is 0 Å². The van der Waals surface area contributed by atoms with Gasteiger partial charge in [0.15, 0.2) is 7.98 Å². The van der Waals surface area contributed by atoms with E-state index in [0.717, 1.165) is 32.2 Å². The molecule has 1 aliphatic rings. The Morgan fingerprint density at radius 3 is 2.64 bits per heavy atom. The highest BCUT2D eigenvalue weighted by molar-refractivity contribution is 6.04. The van der Waals surface area contributed by atoms with Gasteiger partial charge < -0.3 is 9.55 Å². The normalized spacial score (nSPS) is 22.3. The molecule has 0 spiro atoms. The minimum absolute atomic E-state index is 0.745. The summed E-state index contributed by atoms with van der Waals surface area (Å²) in [4.78, 5) is 1.89. The molecule has 0 saturated carbocycles. The lowest BCUT2D eigenvalue weighted by molar-refractivity contribution is 0.0887. The molecule has 1 heterocycles. The molecule has 0 atom stereocenters. The van der Waals surface area contributed by atoms with Crippen LogP contribution in [0.3, 0.4) is 0 Å².